The summed E-state index contributed by atoms with van der Waals surface area (Å²) in [7, 11) is -0.892. The van der Waals surface area contributed by atoms with Crippen LogP contribution in [-0.2, 0) is 30.0 Å². The molecule has 0 unspecified atom stereocenters. The van der Waals surface area contributed by atoms with Crippen LogP contribution in [0, 0.1) is 0 Å². The summed E-state index contributed by atoms with van der Waals surface area (Å²) in [5, 5.41) is 26.2. The zero-order valence-corrected chi connectivity index (χ0v) is 27.5. The van der Waals surface area contributed by atoms with Gasteiger partial charge in [0, 0.05) is 0 Å². The topological polar surface area (TPSA) is 80.3 Å². The quantitative estimate of drug-likeness (QED) is 0.150. The zero-order chi connectivity index (χ0) is 31.0. The molecule has 6 aromatic carbocycles. The van der Waals surface area contributed by atoms with Crippen molar-refractivity contribution in [3.05, 3.63) is 182 Å². The number of carboxylic acids is 2. The van der Waals surface area contributed by atoms with Crippen molar-refractivity contribution in [1.29, 1.82) is 0 Å². The van der Waals surface area contributed by atoms with Gasteiger partial charge in [-0.05, 0) is 47.7 Å². The van der Waals surface area contributed by atoms with Gasteiger partial charge in [-0.2, -0.15) is 0 Å². The maximum Gasteiger partial charge on any atom is 2.00 e. The van der Waals surface area contributed by atoms with Crippen LogP contribution in [-0.4, -0.2) is 11.9 Å². The van der Waals surface area contributed by atoms with Gasteiger partial charge in [0.15, 0.2) is 0 Å². The average molecular weight is 719 g/mol. The van der Waals surface area contributed by atoms with Gasteiger partial charge < -0.3 is 19.8 Å². The molecular formula is C38H30O4P2Pd. The van der Waals surface area contributed by atoms with Gasteiger partial charge in [0.25, 0.3) is 0 Å². The number of benzene rings is 6. The normalized spacial score (nSPS) is 9.91. The molecule has 0 saturated heterocycles. The predicted octanol–water partition coefficient (Wildman–Crippen LogP) is 3.37. The average Bonchev–Trinajstić information content (AvgIpc) is 3.09. The Hall–Kier alpha value is -4.22. The standard InChI is InChI=1S/2C18H15P.C2H2O4.Pd/c2*1-4-10-16(11-5-1)19(17-12-6-2-7-13-17)18-14-8-3-9-15-18;3-1(4)2(5)6;/h2*1-15H;(H,3,4)(H,5,6);/q;;;+2/p-2. The molecule has 0 N–H and O–H groups in total. The van der Waals surface area contributed by atoms with Gasteiger partial charge in [-0.3, -0.25) is 0 Å². The van der Waals surface area contributed by atoms with Gasteiger partial charge in [-0.1, -0.05) is 182 Å². The van der Waals surface area contributed by atoms with Gasteiger partial charge in [0.1, 0.15) is 0 Å². The maximum atomic E-state index is 8.93. The van der Waals surface area contributed by atoms with Gasteiger partial charge in [0.2, 0.25) is 0 Å². The summed E-state index contributed by atoms with van der Waals surface area (Å²) in [6, 6.07) is 64.7. The molecule has 7 heteroatoms. The van der Waals surface area contributed by atoms with Crippen molar-refractivity contribution in [2.24, 2.45) is 0 Å². The Kier molecular flexibility index (Phi) is 15.1. The van der Waals surface area contributed by atoms with Crippen molar-refractivity contribution in [2.45, 2.75) is 0 Å². The molecule has 0 aliphatic carbocycles. The van der Waals surface area contributed by atoms with Gasteiger partial charge >= 0.3 is 20.4 Å². The second kappa shape index (κ2) is 19.2. The number of carbonyl (C=O) groups is 2. The summed E-state index contributed by atoms with van der Waals surface area (Å²) in [6.07, 6.45) is 0. The number of carbonyl (C=O) groups excluding carboxylic acids is 2. The van der Waals surface area contributed by atoms with Crippen LogP contribution in [0.1, 0.15) is 0 Å². The summed E-state index contributed by atoms with van der Waals surface area (Å²) >= 11 is 0. The molecule has 226 valence electrons. The Balaban J connectivity index is 0.000000205. The summed E-state index contributed by atoms with van der Waals surface area (Å²) in [6.45, 7) is 0. The minimum Gasteiger partial charge on any atom is -0.543 e. The van der Waals surface area contributed by atoms with Gasteiger partial charge in [-0.25, -0.2) is 0 Å². The number of rotatable bonds is 6. The zero-order valence-electron chi connectivity index (χ0n) is 24.2. The van der Waals surface area contributed by atoms with Crippen molar-refractivity contribution in [3.63, 3.8) is 0 Å². The summed E-state index contributed by atoms with van der Waals surface area (Å²) in [5.41, 5.74) is 0. The minimum atomic E-state index is -2.19. The molecule has 0 aliphatic heterocycles. The van der Waals surface area contributed by atoms with Crippen LogP contribution in [0.4, 0.5) is 0 Å². The summed E-state index contributed by atoms with van der Waals surface area (Å²) in [4.78, 5) is 17.9. The molecule has 6 rings (SSSR count). The molecule has 0 spiro atoms. The van der Waals surface area contributed by atoms with Crippen LogP contribution in [0.25, 0.3) is 0 Å². The third-order valence-electron chi connectivity index (χ3n) is 6.25. The molecule has 0 heterocycles. The maximum absolute atomic E-state index is 8.93. The Bertz CT molecular complexity index is 1370. The fourth-order valence-corrected chi connectivity index (χ4v) is 8.97. The van der Waals surface area contributed by atoms with E-state index in [1.165, 1.54) is 31.8 Å². The number of carboxylic acid groups (broad SMARTS) is 2. The largest absolute Gasteiger partial charge is 2.00 e. The molecule has 4 nitrogen and oxygen atoms in total. The monoisotopic (exact) mass is 718 g/mol. The fourth-order valence-electron chi connectivity index (χ4n) is 4.36. The molecule has 0 atom stereocenters. The number of hydrogen-bond acceptors (Lipinski definition) is 4. The Morgan fingerprint density at radius 1 is 0.311 bits per heavy atom. The van der Waals surface area contributed by atoms with E-state index in [1.807, 2.05) is 0 Å². The van der Waals surface area contributed by atoms with Crippen molar-refractivity contribution in [1.82, 2.24) is 0 Å². The SMILES string of the molecule is O=C([O-])C(=O)[O-].[Pd+2].c1ccc(P(c2ccccc2)c2ccccc2)cc1.c1ccc(P(c2ccccc2)c2ccccc2)cc1. The summed E-state index contributed by atoms with van der Waals surface area (Å²) < 4.78 is 0. The van der Waals surface area contributed by atoms with Crippen LogP contribution >= 0.6 is 15.8 Å². The summed E-state index contributed by atoms with van der Waals surface area (Å²) in [5.74, 6) is -4.37. The van der Waals surface area contributed by atoms with Crippen LogP contribution in [0.2, 0.25) is 0 Å². The van der Waals surface area contributed by atoms with E-state index in [0.29, 0.717) is 0 Å². The smallest absolute Gasteiger partial charge is 0.543 e. The van der Waals surface area contributed by atoms with Gasteiger partial charge in [0.05, 0.1) is 11.9 Å². The Morgan fingerprint density at radius 3 is 0.556 bits per heavy atom. The number of aliphatic carboxylic acids is 2. The van der Waals surface area contributed by atoms with Gasteiger partial charge in [-0.15, -0.1) is 0 Å². The minimum absolute atomic E-state index is 0. The second-order valence-corrected chi connectivity index (χ2v) is 13.7. The van der Waals surface area contributed by atoms with Crippen LogP contribution < -0.4 is 42.0 Å². The van der Waals surface area contributed by atoms with E-state index in [-0.39, 0.29) is 20.4 Å². The molecule has 0 aliphatic rings. The van der Waals surface area contributed by atoms with E-state index < -0.39 is 27.8 Å². The van der Waals surface area contributed by atoms with E-state index in [1.54, 1.807) is 0 Å². The molecule has 0 fully saturated rings. The van der Waals surface area contributed by atoms with Crippen molar-refractivity contribution in [2.75, 3.05) is 0 Å². The van der Waals surface area contributed by atoms with Crippen LogP contribution in [0.15, 0.2) is 182 Å². The van der Waals surface area contributed by atoms with Crippen LogP contribution in [0.5, 0.6) is 0 Å². The molecule has 0 amide bonds. The number of hydrogen-bond donors (Lipinski definition) is 0. The molecule has 45 heavy (non-hydrogen) atoms. The molecule has 0 aromatic heterocycles. The fraction of sp³-hybridized carbons (Fsp3) is 0. The van der Waals surface area contributed by atoms with Crippen molar-refractivity contribution in [3.8, 4) is 0 Å². The second-order valence-electron chi connectivity index (χ2n) is 9.26. The molecule has 6 aromatic rings. The van der Waals surface area contributed by atoms with Crippen molar-refractivity contribution >= 4 is 59.6 Å². The van der Waals surface area contributed by atoms with Crippen LogP contribution in [0.3, 0.4) is 0 Å². The first-order valence-electron chi connectivity index (χ1n) is 13.9. The van der Waals surface area contributed by atoms with E-state index >= 15 is 0 Å². The third-order valence-corrected chi connectivity index (χ3v) is 11.1. The Morgan fingerprint density at radius 2 is 0.444 bits per heavy atom. The van der Waals surface area contributed by atoms with E-state index in [9.17, 15) is 0 Å². The third kappa shape index (κ3) is 11.0. The van der Waals surface area contributed by atoms with E-state index in [4.69, 9.17) is 19.8 Å². The molecule has 0 saturated carbocycles. The molecule has 0 bridgehead atoms. The van der Waals surface area contributed by atoms with Crippen molar-refractivity contribution < 1.29 is 40.2 Å². The first-order chi connectivity index (χ1) is 21.5. The predicted molar refractivity (Wildman–Crippen MR) is 180 cm³/mol. The van der Waals surface area contributed by atoms with E-state index in [2.05, 4.69) is 182 Å². The first kappa shape index (κ1) is 35.3. The molecular weight excluding hydrogens is 689 g/mol. The molecule has 0 radical (unpaired) electrons. The Labute approximate surface area is 280 Å². The first-order valence-corrected chi connectivity index (χ1v) is 16.6. The van der Waals surface area contributed by atoms with E-state index in [0.717, 1.165) is 0 Å².